The first kappa shape index (κ1) is 13.7. The minimum absolute atomic E-state index is 0.0387. The van der Waals surface area contributed by atoms with Crippen LogP contribution in [0.15, 0.2) is 23.7 Å². The molecular formula is C15H16N4O2S. The Morgan fingerprint density at radius 3 is 2.68 bits per heavy atom. The van der Waals surface area contributed by atoms with E-state index in [1.54, 1.807) is 18.4 Å². The Kier molecular flexibility index (Phi) is 3.12. The molecule has 2 fully saturated rings. The van der Waals surface area contributed by atoms with Crippen molar-refractivity contribution in [1.29, 1.82) is 0 Å². The molecule has 4 rings (SSSR count). The molecule has 0 saturated carbocycles. The van der Waals surface area contributed by atoms with Crippen LogP contribution in [0.4, 0.5) is 0 Å². The van der Waals surface area contributed by atoms with Crippen molar-refractivity contribution >= 4 is 23.2 Å². The van der Waals surface area contributed by atoms with Crippen LogP contribution in [0.1, 0.15) is 5.56 Å². The molecule has 22 heavy (non-hydrogen) atoms. The van der Waals surface area contributed by atoms with Gasteiger partial charge in [0.05, 0.1) is 28.6 Å². The van der Waals surface area contributed by atoms with Crippen LogP contribution < -0.4 is 0 Å². The smallest absolute Gasteiger partial charge is 0.234 e. The summed E-state index contributed by atoms with van der Waals surface area (Å²) in [5.41, 5.74) is 2.14. The molecular weight excluding hydrogens is 300 g/mol. The number of amides is 2. The Morgan fingerprint density at radius 1 is 1.32 bits per heavy atom. The zero-order valence-corrected chi connectivity index (χ0v) is 13.0. The van der Waals surface area contributed by atoms with Gasteiger partial charge in [0.15, 0.2) is 0 Å². The SMILES string of the molecule is CN1C(=O)[C@H]2CN(Cc3cn[nH]c3-c3cccs3)C[C@H]2C1=O. The third kappa shape index (κ3) is 2.00. The zero-order chi connectivity index (χ0) is 15.3. The molecule has 1 N–H and O–H groups in total. The summed E-state index contributed by atoms with van der Waals surface area (Å²) >= 11 is 1.67. The fourth-order valence-corrected chi connectivity index (χ4v) is 4.18. The maximum atomic E-state index is 12.1. The van der Waals surface area contributed by atoms with Crippen LogP contribution in [-0.4, -0.2) is 51.9 Å². The minimum atomic E-state index is -0.172. The van der Waals surface area contributed by atoms with Crippen molar-refractivity contribution in [1.82, 2.24) is 20.0 Å². The number of fused-ring (bicyclic) bond motifs is 1. The number of rotatable bonds is 3. The normalized spacial score (nSPS) is 25.2. The van der Waals surface area contributed by atoms with Gasteiger partial charge in [-0.3, -0.25) is 24.5 Å². The van der Waals surface area contributed by atoms with Gasteiger partial charge in [0.25, 0.3) is 0 Å². The van der Waals surface area contributed by atoms with E-state index in [9.17, 15) is 9.59 Å². The van der Waals surface area contributed by atoms with Gasteiger partial charge in [0.1, 0.15) is 0 Å². The topological polar surface area (TPSA) is 69.3 Å². The predicted molar refractivity (Wildman–Crippen MR) is 81.9 cm³/mol. The van der Waals surface area contributed by atoms with Crippen LogP contribution in [0, 0.1) is 11.8 Å². The summed E-state index contributed by atoms with van der Waals surface area (Å²) in [6.07, 6.45) is 1.83. The number of thiophene rings is 1. The monoisotopic (exact) mass is 316 g/mol. The predicted octanol–water partition coefficient (Wildman–Crippen LogP) is 1.18. The van der Waals surface area contributed by atoms with Crippen LogP contribution in [0.2, 0.25) is 0 Å². The van der Waals surface area contributed by atoms with Crippen molar-refractivity contribution in [2.75, 3.05) is 20.1 Å². The number of hydrogen-bond acceptors (Lipinski definition) is 5. The molecule has 0 bridgehead atoms. The van der Waals surface area contributed by atoms with Gasteiger partial charge < -0.3 is 0 Å². The van der Waals surface area contributed by atoms with Gasteiger partial charge >= 0.3 is 0 Å². The van der Waals surface area contributed by atoms with Gasteiger partial charge in [-0.2, -0.15) is 5.10 Å². The summed E-state index contributed by atoms with van der Waals surface area (Å²) in [4.78, 5) is 28.7. The van der Waals surface area contributed by atoms with Crippen LogP contribution in [0.5, 0.6) is 0 Å². The third-order valence-electron chi connectivity index (χ3n) is 4.57. The van der Waals surface area contributed by atoms with E-state index in [1.165, 1.54) is 4.90 Å². The van der Waals surface area contributed by atoms with E-state index in [0.29, 0.717) is 19.6 Å². The Hall–Kier alpha value is -1.99. The summed E-state index contributed by atoms with van der Waals surface area (Å²) < 4.78 is 0. The second-order valence-corrected chi connectivity index (χ2v) is 6.84. The van der Waals surface area contributed by atoms with Crippen LogP contribution >= 0.6 is 11.3 Å². The number of aromatic amines is 1. The molecule has 0 radical (unpaired) electrons. The van der Waals surface area contributed by atoms with Gasteiger partial charge in [-0.15, -0.1) is 11.3 Å². The van der Waals surface area contributed by atoms with Crippen molar-refractivity contribution in [3.63, 3.8) is 0 Å². The number of aromatic nitrogens is 2. The fourth-order valence-electron chi connectivity index (χ4n) is 3.43. The molecule has 2 saturated heterocycles. The molecule has 2 aromatic heterocycles. The van der Waals surface area contributed by atoms with E-state index in [1.807, 2.05) is 17.6 Å². The molecule has 0 unspecified atom stereocenters. The molecule has 2 amide bonds. The van der Waals surface area contributed by atoms with Crippen molar-refractivity contribution < 1.29 is 9.59 Å². The zero-order valence-electron chi connectivity index (χ0n) is 12.2. The number of imide groups is 1. The first-order chi connectivity index (χ1) is 10.6. The molecule has 2 aliphatic rings. The Bertz CT molecular complexity index is 700. The quantitative estimate of drug-likeness (QED) is 0.864. The minimum Gasteiger partial charge on any atom is -0.297 e. The van der Waals surface area contributed by atoms with E-state index in [4.69, 9.17) is 0 Å². The standard InChI is InChI=1S/C15H16N4O2S/c1-18-14(20)10-7-19(8-11(10)15(18)21)6-9-5-16-17-13(9)12-3-2-4-22-12/h2-5,10-11H,6-8H2,1H3,(H,16,17)/t10-,11+. The van der Waals surface area contributed by atoms with Crippen molar-refractivity contribution in [2.45, 2.75) is 6.54 Å². The van der Waals surface area contributed by atoms with Gasteiger partial charge in [-0.1, -0.05) is 6.07 Å². The molecule has 2 atom stereocenters. The average Bonchev–Trinajstić information content (AvgIpc) is 3.26. The molecule has 0 aliphatic carbocycles. The van der Waals surface area contributed by atoms with Crippen molar-refractivity contribution in [2.24, 2.45) is 11.8 Å². The second kappa shape index (κ2) is 5.03. The number of likely N-dealkylation sites (tertiary alicyclic amines) is 2. The molecule has 114 valence electrons. The number of nitrogens with zero attached hydrogens (tertiary/aromatic N) is 3. The first-order valence-electron chi connectivity index (χ1n) is 7.25. The van der Waals surface area contributed by atoms with E-state index >= 15 is 0 Å². The highest BCUT2D eigenvalue weighted by atomic mass is 32.1. The molecule has 0 spiro atoms. The van der Waals surface area contributed by atoms with E-state index in [-0.39, 0.29) is 23.7 Å². The van der Waals surface area contributed by atoms with E-state index < -0.39 is 0 Å². The first-order valence-corrected chi connectivity index (χ1v) is 8.13. The number of carbonyl (C=O) groups is 2. The second-order valence-electron chi connectivity index (χ2n) is 5.89. The lowest BCUT2D eigenvalue weighted by atomic mass is 10.00. The van der Waals surface area contributed by atoms with E-state index in [2.05, 4.69) is 21.2 Å². The Balaban J connectivity index is 1.52. The molecule has 4 heterocycles. The van der Waals surface area contributed by atoms with Crippen molar-refractivity contribution in [3.8, 4) is 10.6 Å². The summed E-state index contributed by atoms with van der Waals surface area (Å²) in [5, 5.41) is 9.23. The van der Waals surface area contributed by atoms with Crippen LogP contribution in [0.3, 0.4) is 0 Å². The van der Waals surface area contributed by atoms with Gasteiger partial charge in [-0.05, 0) is 11.4 Å². The van der Waals surface area contributed by atoms with Crippen molar-refractivity contribution in [3.05, 3.63) is 29.3 Å². The van der Waals surface area contributed by atoms with Crippen LogP contribution in [-0.2, 0) is 16.1 Å². The largest absolute Gasteiger partial charge is 0.297 e. The highest BCUT2D eigenvalue weighted by Crippen LogP contribution is 2.34. The lowest BCUT2D eigenvalue weighted by Crippen LogP contribution is -2.32. The molecule has 0 aromatic carbocycles. The van der Waals surface area contributed by atoms with Gasteiger partial charge in [0.2, 0.25) is 11.8 Å². The molecule has 6 nitrogen and oxygen atoms in total. The number of carbonyl (C=O) groups excluding carboxylic acids is 2. The van der Waals surface area contributed by atoms with Crippen LogP contribution in [0.25, 0.3) is 10.6 Å². The van der Waals surface area contributed by atoms with Gasteiger partial charge in [-0.25, -0.2) is 0 Å². The highest BCUT2D eigenvalue weighted by Gasteiger charge is 2.50. The summed E-state index contributed by atoms with van der Waals surface area (Å²) in [6.45, 7) is 2.00. The number of H-pyrrole nitrogens is 1. The fraction of sp³-hybridized carbons (Fsp3) is 0.400. The lowest BCUT2D eigenvalue weighted by Gasteiger charge is -2.18. The maximum absolute atomic E-state index is 12.1. The average molecular weight is 316 g/mol. The third-order valence-corrected chi connectivity index (χ3v) is 5.46. The number of hydrogen-bond donors (Lipinski definition) is 1. The summed E-state index contributed by atoms with van der Waals surface area (Å²) in [6, 6.07) is 4.07. The Morgan fingerprint density at radius 2 is 2.05 bits per heavy atom. The highest BCUT2D eigenvalue weighted by molar-refractivity contribution is 7.13. The number of nitrogens with one attached hydrogen (secondary N) is 1. The van der Waals surface area contributed by atoms with Gasteiger partial charge in [0, 0.05) is 32.2 Å². The summed E-state index contributed by atoms with van der Waals surface area (Å²) in [5.74, 6) is -0.421. The summed E-state index contributed by atoms with van der Waals surface area (Å²) in [7, 11) is 1.58. The molecule has 7 heteroatoms. The maximum Gasteiger partial charge on any atom is 0.234 e. The Labute approximate surface area is 131 Å². The molecule has 2 aromatic rings. The van der Waals surface area contributed by atoms with E-state index in [0.717, 1.165) is 16.1 Å². The lowest BCUT2D eigenvalue weighted by molar-refractivity contribution is -0.138. The molecule has 2 aliphatic heterocycles.